The molecule has 2 fully saturated rings. The van der Waals surface area contributed by atoms with Crippen LogP contribution < -0.4 is 5.73 Å². The van der Waals surface area contributed by atoms with Gasteiger partial charge in [-0.2, -0.15) is 0 Å². The summed E-state index contributed by atoms with van der Waals surface area (Å²) in [4.78, 5) is 2.51. The maximum Gasteiger partial charge on any atom is 0.0850 e. The Bertz CT molecular complexity index is 205. The van der Waals surface area contributed by atoms with Crippen molar-refractivity contribution in [2.45, 2.75) is 31.9 Å². The first-order chi connectivity index (χ1) is 7.75. The zero-order valence-electron chi connectivity index (χ0n) is 10.2. The summed E-state index contributed by atoms with van der Waals surface area (Å²) in [5, 5.41) is 0. The average Bonchev–Trinajstić information content (AvgIpc) is 2.30. The zero-order chi connectivity index (χ0) is 11.4. The Kier molecular flexibility index (Phi) is 4.58. The van der Waals surface area contributed by atoms with E-state index in [4.69, 9.17) is 15.2 Å². The van der Waals surface area contributed by atoms with Crippen LogP contribution in [0.4, 0.5) is 0 Å². The first kappa shape index (κ1) is 12.3. The molecule has 2 aliphatic heterocycles. The lowest BCUT2D eigenvalue weighted by Gasteiger charge is -2.37. The van der Waals surface area contributed by atoms with Gasteiger partial charge in [-0.1, -0.05) is 0 Å². The Balaban J connectivity index is 1.75. The number of hydrogen-bond donors (Lipinski definition) is 1. The molecule has 2 N–H and O–H groups in total. The summed E-state index contributed by atoms with van der Waals surface area (Å²) < 4.78 is 11.1. The molecule has 0 aliphatic carbocycles. The van der Waals surface area contributed by atoms with Gasteiger partial charge in [0.15, 0.2) is 0 Å². The number of ether oxygens (including phenoxy) is 2. The van der Waals surface area contributed by atoms with Crippen LogP contribution in [0.2, 0.25) is 0 Å². The average molecular weight is 228 g/mol. The summed E-state index contributed by atoms with van der Waals surface area (Å²) in [6.45, 7) is 7.97. The fraction of sp³-hybridized carbons (Fsp3) is 1.00. The summed E-state index contributed by atoms with van der Waals surface area (Å²) in [5.41, 5.74) is 5.89. The van der Waals surface area contributed by atoms with E-state index >= 15 is 0 Å². The minimum atomic E-state index is 0.137. The molecule has 2 atom stereocenters. The third-order valence-electron chi connectivity index (χ3n) is 3.62. The monoisotopic (exact) mass is 228 g/mol. The minimum absolute atomic E-state index is 0.137. The SMILES string of the molecule is CC(N)C1CN(CC2CCOCC2)CCO1. The van der Waals surface area contributed by atoms with E-state index in [0.29, 0.717) is 0 Å². The van der Waals surface area contributed by atoms with Gasteiger partial charge in [-0.15, -0.1) is 0 Å². The second kappa shape index (κ2) is 5.96. The Labute approximate surface area is 98.1 Å². The molecule has 16 heavy (non-hydrogen) atoms. The van der Waals surface area contributed by atoms with Gasteiger partial charge in [0.1, 0.15) is 0 Å². The second-order valence-electron chi connectivity index (χ2n) is 5.08. The molecular weight excluding hydrogens is 204 g/mol. The smallest absolute Gasteiger partial charge is 0.0850 e. The summed E-state index contributed by atoms with van der Waals surface area (Å²) >= 11 is 0. The predicted octanol–water partition coefficient (Wildman–Crippen LogP) is 0.461. The van der Waals surface area contributed by atoms with Gasteiger partial charge in [0, 0.05) is 38.9 Å². The highest BCUT2D eigenvalue weighted by atomic mass is 16.5. The number of morpholine rings is 1. The van der Waals surface area contributed by atoms with Crippen molar-refractivity contribution in [3.8, 4) is 0 Å². The third-order valence-corrected chi connectivity index (χ3v) is 3.62. The Morgan fingerprint density at radius 1 is 1.31 bits per heavy atom. The van der Waals surface area contributed by atoms with Crippen molar-refractivity contribution in [2.75, 3.05) is 39.5 Å². The Hall–Kier alpha value is -0.160. The number of nitrogens with two attached hydrogens (primary N) is 1. The molecule has 0 spiro atoms. The molecular formula is C12H24N2O2. The van der Waals surface area contributed by atoms with Gasteiger partial charge in [-0.25, -0.2) is 0 Å². The van der Waals surface area contributed by atoms with Crippen LogP contribution >= 0.6 is 0 Å². The summed E-state index contributed by atoms with van der Waals surface area (Å²) in [6.07, 6.45) is 2.63. The van der Waals surface area contributed by atoms with Crippen LogP contribution in [0.3, 0.4) is 0 Å². The highest BCUT2D eigenvalue weighted by Gasteiger charge is 2.25. The van der Waals surface area contributed by atoms with Gasteiger partial charge < -0.3 is 15.2 Å². The van der Waals surface area contributed by atoms with Crippen LogP contribution in [0.5, 0.6) is 0 Å². The highest BCUT2D eigenvalue weighted by molar-refractivity contribution is 4.79. The van der Waals surface area contributed by atoms with E-state index in [1.165, 1.54) is 19.4 Å². The molecule has 0 radical (unpaired) electrons. The Morgan fingerprint density at radius 3 is 2.75 bits per heavy atom. The van der Waals surface area contributed by atoms with E-state index in [9.17, 15) is 0 Å². The zero-order valence-corrected chi connectivity index (χ0v) is 10.2. The van der Waals surface area contributed by atoms with Crippen molar-refractivity contribution < 1.29 is 9.47 Å². The minimum Gasteiger partial charge on any atom is -0.381 e. The third kappa shape index (κ3) is 3.42. The lowest BCUT2D eigenvalue weighted by Crippen LogP contribution is -2.50. The van der Waals surface area contributed by atoms with Crippen molar-refractivity contribution in [1.82, 2.24) is 4.90 Å². The highest BCUT2D eigenvalue weighted by Crippen LogP contribution is 2.18. The molecule has 2 unspecified atom stereocenters. The van der Waals surface area contributed by atoms with Crippen molar-refractivity contribution in [1.29, 1.82) is 0 Å². The lowest BCUT2D eigenvalue weighted by atomic mass is 9.99. The van der Waals surface area contributed by atoms with E-state index < -0.39 is 0 Å². The van der Waals surface area contributed by atoms with Gasteiger partial charge in [-0.05, 0) is 25.7 Å². The number of nitrogens with zero attached hydrogens (tertiary/aromatic N) is 1. The lowest BCUT2D eigenvalue weighted by molar-refractivity contribution is -0.0474. The van der Waals surface area contributed by atoms with Crippen LogP contribution in [0, 0.1) is 5.92 Å². The van der Waals surface area contributed by atoms with Crippen molar-refractivity contribution in [3.05, 3.63) is 0 Å². The van der Waals surface area contributed by atoms with Gasteiger partial charge >= 0.3 is 0 Å². The molecule has 0 aromatic heterocycles. The summed E-state index contributed by atoms with van der Waals surface area (Å²) in [6, 6.07) is 0.137. The molecule has 2 heterocycles. The molecule has 4 nitrogen and oxygen atoms in total. The van der Waals surface area contributed by atoms with Crippen LogP contribution in [0.25, 0.3) is 0 Å². The number of hydrogen-bond acceptors (Lipinski definition) is 4. The summed E-state index contributed by atoms with van der Waals surface area (Å²) in [7, 11) is 0. The van der Waals surface area contributed by atoms with Crippen LogP contribution in [-0.4, -0.2) is 56.5 Å². The Morgan fingerprint density at radius 2 is 2.06 bits per heavy atom. The van der Waals surface area contributed by atoms with Gasteiger partial charge in [0.05, 0.1) is 12.7 Å². The normalized spacial score (nSPS) is 31.5. The molecule has 0 aromatic carbocycles. The van der Waals surface area contributed by atoms with Crippen LogP contribution in [0.1, 0.15) is 19.8 Å². The van der Waals surface area contributed by atoms with E-state index in [1.54, 1.807) is 0 Å². The van der Waals surface area contributed by atoms with Crippen LogP contribution in [0.15, 0.2) is 0 Å². The topological polar surface area (TPSA) is 47.7 Å². The van der Waals surface area contributed by atoms with E-state index in [0.717, 1.165) is 38.8 Å². The molecule has 2 rings (SSSR count). The molecule has 94 valence electrons. The maximum atomic E-state index is 5.89. The van der Waals surface area contributed by atoms with Gasteiger partial charge in [0.2, 0.25) is 0 Å². The fourth-order valence-electron chi connectivity index (χ4n) is 2.51. The molecule has 2 aliphatic rings. The number of rotatable bonds is 3. The quantitative estimate of drug-likeness (QED) is 0.762. The second-order valence-corrected chi connectivity index (χ2v) is 5.08. The van der Waals surface area contributed by atoms with Gasteiger partial charge in [0.25, 0.3) is 0 Å². The van der Waals surface area contributed by atoms with E-state index in [2.05, 4.69) is 4.90 Å². The standard InChI is InChI=1S/C12H24N2O2/c1-10(13)12-9-14(4-7-16-12)8-11-2-5-15-6-3-11/h10-12H,2-9,13H2,1H3. The molecule has 4 heteroatoms. The molecule has 0 aromatic rings. The predicted molar refractivity (Wildman–Crippen MR) is 63.4 cm³/mol. The van der Waals surface area contributed by atoms with Gasteiger partial charge in [-0.3, -0.25) is 4.90 Å². The molecule has 0 saturated carbocycles. The molecule has 0 amide bonds. The largest absolute Gasteiger partial charge is 0.381 e. The van der Waals surface area contributed by atoms with Crippen molar-refractivity contribution in [2.24, 2.45) is 11.7 Å². The fourth-order valence-corrected chi connectivity index (χ4v) is 2.51. The maximum absolute atomic E-state index is 5.89. The van der Waals surface area contributed by atoms with E-state index in [-0.39, 0.29) is 12.1 Å². The van der Waals surface area contributed by atoms with Crippen LogP contribution in [-0.2, 0) is 9.47 Å². The van der Waals surface area contributed by atoms with Crippen molar-refractivity contribution in [3.63, 3.8) is 0 Å². The van der Waals surface area contributed by atoms with E-state index in [1.807, 2.05) is 6.92 Å². The first-order valence-corrected chi connectivity index (χ1v) is 6.43. The summed E-state index contributed by atoms with van der Waals surface area (Å²) in [5.74, 6) is 0.806. The van der Waals surface area contributed by atoms with Crippen molar-refractivity contribution >= 4 is 0 Å². The molecule has 0 bridgehead atoms. The molecule has 2 saturated heterocycles. The first-order valence-electron chi connectivity index (χ1n) is 6.43.